The van der Waals surface area contributed by atoms with Crippen molar-refractivity contribution in [1.82, 2.24) is 29.8 Å². The molecule has 0 atom stereocenters. The molecule has 0 fully saturated rings. The summed E-state index contributed by atoms with van der Waals surface area (Å²) in [5.41, 5.74) is 6.87. The van der Waals surface area contributed by atoms with Crippen LogP contribution in [0.1, 0.15) is 5.69 Å². The molecule has 0 saturated carbocycles. The van der Waals surface area contributed by atoms with E-state index in [1.54, 1.807) is 0 Å². The number of aromatic nitrogens is 6. The van der Waals surface area contributed by atoms with E-state index in [0.717, 1.165) is 9.90 Å². The summed E-state index contributed by atoms with van der Waals surface area (Å²) in [5, 5.41) is 11.1. The van der Waals surface area contributed by atoms with Gasteiger partial charge in [0.25, 0.3) is 11.3 Å². The summed E-state index contributed by atoms with van der Waals surface area (Å²) in [6.45, 7) is 0. The lowest BCUT2D eigenvalue weighted by atomic mass is 10.2. The maximum Gasteiger partial charge on any atom is 0.274 e. The zero-order valence-corrected chi connectivity index (χ0v) is 13.8. The number of nitrogens with zero attached hydrogens (tertiary/aromatic N) is 5. The molecule has 1 aromatic carbocycles. The van der Waals surface area contributed by atoms with E-state index in [2.05, 4.69) is 25.3 Å². The van der Waals surface area contributed by atoms with Gasteiger partial charge in [0.05, 0.1) is 5.69 Å². The molecule has 0 aliphatic heterocycles. The van der Waals surface area contributed by atoms with E-state index >= 15 is 0 Å². The fraction of sp³-hybridized carbons (Fsp3) is 0.0714. The molecule has 3 aromatic heterocycles. The van der Waals surface area contributed by atoms with Gasteiger partial charge in [-0.15, -0.1) is 10.2 Å². The summed E-state index contributed by atoms with van der Waals surface area (Å²) in [5.74, 6) is 1.43. The van der Waals surface area contributed by atoms with Crippen molar-refractivity contribution in [3.05, 3.63) is 52.4 Å². The van der Waals surface area contributed by atoms with Crippen molar-refractivity contribution in [2.45, 2.75) is 10.1 Å². The number of benzene rings is 1. The maximum atomic E-state index is 12.3. The molecule has 0 amide bonds. The van der Waals surface area contributed by atoms with Crippen molar-refractivity contribution in [2.24, 2.45) is 0 Å². The molecule has 0 unspecified atom stereocenters. The van der Waals surface area contributed by atoms with Crippen molar-refractivity contribution in [2.75, 3.05) is 5.73 Å². The number of anilines is 1. The average molecular weight is 357 g/mol. The van der Waals surface area contributed by atoms with E-state index in [-0.39, 0.29) is 5.56 Å². The summed E-state index contributed by atoms with van der Waals surface area (Å²) < 4.78 is 2.07. The number of nitrogen functional groups attached to an aromatic ring is 1. The first-order valence-electron chi connectivity index (χ1n) is 6.95. The summed E-state index contributed by atoms with van der Waals surface area (Å²) in [6, 6.07) is 11.1. The van der Waals surface area contributed by atoms with Gasteiger partial charge in [-0.3, -0.25) is 9.89 Å². The van der Waals surface area contributed by atoms with Gasteiger partial charge >= 0.3 is 0 Å². The third kappa shape index (κ3) is 2.88. The number of aromatic amines is 1. The lowest BCUT2D eigenvalue weighted by Gasteiger charge is -1.97. The zero-order valence-electron chi connectivity index (χ0n) is 12.2. The van der Waals surface area contributed by atoms with Gasteiger partial charge in [0.2, 0.25) is 5.13 Å². The predicted octanol–water partition coefficient (Wildman–Crippen LogP) is 1.81. The highest BCUT2D eigenvalue weighted by Gasteiger charge is 2.10. The van der Waals surface area contributed by atoms with Crippen LogP contribution in [0, 0.1) is 0 Å². The van der Waals surface area contributed by atoms with Crippen molar-refractivity contribution in [3.63, 3.8) is 0 Å². The summed E-state index contributed by atoms with van der Waals surface area (Å²) in [4.78, 5) is 21.1. The molecule has 8 nitrogen and oxygen atoms in total. The Morgan fingerprint density at radius 1 is 1.21 bits per heavy atom. The van der Waals surface area contributed by atoms with E-state index in [4.69, 9.17) is 5.73 Å². The summed E-state index contributed by atoms with van der Waals surface area (Å²) >= 11 is 2.73. The van der Waals surface area contributed by atoms with Crippen molar-refractivity contribution in [3.8, 4) is 11.4 Å². The molecule has 0 aliphatic carbocycles. The Morgan fingerprint density at radius 2 is 2.04 bits per heavy atom. The van der Waals surface area contributed by atoms with Gasteiger partial charge in [-0.05, 0) is 0 Å². The second kappa shape index (κ2) is 6.06. The third-order valence-electron chi connectivity index (χ3n) is 3.20. The van der Waals surface area contributed by atoms with Gasteiger partial charge in [0.1, 0.15) is 0 Å². The van der Waals surface area contributed by atoms with Crippen molar-refractivity contribution in [1.29, 1.82) is 0 Å². The Labute approximate surface area is 143 Å². The molecule has 4 aromatic rings. The third-order valence-corrected chi connectivity index (χ3v) is 5.12. The van der Waals surface area contributed by atoms with Gasteiger partial charge in [-0.1, -0.05) is 53.4 Å². The highest BCUT2D eigenvalue weighted by atomic mass is 32.2. The Balaban J connectivity index is 1.65. The van der Waals surface area contributed by atoms with E-state index in [9.17, 15) is 4.79 Å². The molecule has 3 N–H and O–H groups in total. The van der Waals surface area contributed by atoms with Crippen LogP contribution in [0.4, 0.5) is 5.13 Å². The minimum atomic E-state index is -0.206. The van der Waals surface area contributed by atoms with Gasteiger partial charge in [-0.25, -0.2) is 4.98 Å². The number of rotatable bonds is 4. The van der Waals surface area contributed by atoms with Crippen LogP contribution in [-0.4, -0.2) is 29.8 Å². The number of thioether (sulfide) groups is 1. The van der Waals surface area contributed by atoms with E-state index in [1.807, 2.05) is 30.3 Å². The van der Waals surface area contributed by atoms with E-state index in [0.29, 0.717) is 28.2 Å². The highest BCUT2D eigenvalue weighted by Crippen LogP contribution is 2.26. The summed E-state index contributed by atoms with van der Waals surface area (Å²) in [7, 11) is 0. The van der Waals surface area contributed by atoms with E-state index < -0.39 is 0 Å². The number of hydrogen-bond donors (Lipinski definition) is 2. The molecule has 0 saturated heterocycles. The first-order valence-corrected chi connectivity index (χ1v) is 8.75. The average Bonchev–Trinajstić information content (AvgIpc) is 3.20. The smallest absolute Gasteiger partial charge is 0.274 e. The lowest BCUT2D eigenvalue weighted by molar-refractivity contribution is 0.890. The normalized spacial score (nSPS) is 11.2. The molecule has 0 aliphatic rings. The van der Waals surface area contributed by atoms with Crippen molar-refractivity contribution >= 4 is 34.0 Å². The first-order chi connectivity index (χ1) is 11.7. The number of nitrogens with one attached hydrogen (secondary N) is 1. The largest absolute Gasteiger partial charge is 0.374 e. The minimum Gasteiger partial charge on any atom is -0.374 e. The fourth-order valence-corrected chi connectivity index (χ4v) is 3.67. The number of nitrogens with two attached hydrogens (primary N) is 1. The van der Waals surface area contributed by atoms with Crippen LogP contribution in [-0.2, 0) is 5.75 Å². The molecule has 120 valence electrons. The van der Waals surface area contributed by atoms with Crippen LogP contribution in [0.25, 0.3) is 17.2 Å². The summed E-state index contributed by atoms with van der Waals surface area (Å²) in [6.07, 6.45) is 0. The van der Waals surface area contributed by atoms with Crippen LogP contribution < -0.4 is 11.3 Å². The molecule has 24 heavy (non-hydrogen) atoms. The van der Waals surface area contributed by atoms with Gasteiger partial charge in [0.15, 0.2) is 10.2 Å². The minimum absolute atomic E-state index is 0.206. The molecular formula is C14H11N7OS2. The standard InChI is InChI=1S/C14H11N7OS2/c15-12-18-19-14(24-12)23-7-9-6-10(22)21-13(16-9)17-11(20-21)8-4-2-1-3-5-8/h1-6H,7H2,(H2,15,18)(H,16,17,20). The molecule has 4 rings (SSSR count). The SMILES string of the molecule is Nc1nnc(SCc2cc(=O)n3[nH]c(-c4ccccc4)nc3n2)s1. The van der Waals surface area contributed by atoms with Crippen LogP contribution in [0.2, 0.25) is 0 Å². The quantitative estimate of drug-likeness (QED) is 0.535. The lowest BCUT2D eigenvalue weighted by Crippen LogP contribution is -2.15. The Morgan fingerprint density at radius 3 is 2.79 bits per heavy atom. The second-order valence-corrected chi connectivity index (χ2v) is 7.09. The van der Waals surface area contributed by atoms with Gasteiger partial charge in [0, 0.05) is 17.4 Å². The van der Waals surface area contributed by atoms with Crippen LogP contribution in [0.5, 0.6) is 0 Å². The van der Waals surface area contributed by atoms with Gasteiger partial charge < -0.3 is 5.73 Å². The molecule has 10 heteroatoms. The monoisotopic (exact) mass is 357 g/mol. The second-order valence-electron chi connectivity index (χ2n) is 4.85. The van der Waals surface area contributed by atoms with Crippen LogP contribution >= 0.6 is 23.1 Å². The number of hydrogen-bond acceptors (Lipinski definition) is 8. The van der Waals surface area contributed by atoms with Crippen LogP contribution in [0.3, 0.4) is 0 Å². The molecule has 0 spiro atoms. The Kier molecular flexibility index (Phi) is 3.75. The predicted molar refractivity (Wildman–Crippen MR) is 92.9 cm³/mol. The van der Waals surface area contributed by atoms with Crippen molar-refractivity contribution < 1.29 is 0 Å². The van der Waals surface area contributed by atoms with E-state index in [1.165, 1.54) is 33.7 Å². The zero-order chi connectivity index (χ0) is 16.5. The Hall–Kier alpha value is -2.72. The molecule has 0 bridgehead atoms. The fourth-order valence-electron chi connectivity index (χ4n) is 2.14. The maximum absolute atomic E-state index is 12.3. The topological polar surface area (TPSA) is 115 Å². The Bertz CT molecular complexity index is 1050. The number of fused-ring (bicyclic) bond motifs is 1. The molecule has 0 radical (unpaired) electrons. The number of H-pyrrole nitrogens is 1. The molecule has 3 heterocycles. The van der Waals surface area contributed by atoms with Gasteiger partial charge in [-0.2, -0.15) is 9.50 Å². The first kappa shape index (κ1) is 14.8. The highest BCUT2D eigenvalue weighted by molar-refractivity contribution is 8.00. The van der Waals surface area contributed by atoms with Crippen LogP contribution in [0.15, 0.2) is 45.5 Å². The molecular weight excluding hydrogens is 346 g/mol.